The molecule has 104 valence electrons. The lowest BCUT2D eigenvalue weighted by Gasteiger charge is -2.09. The molecule has 1 aromatic carbocycles. The van der Waals surface area contributed by atoms with Crippen molar-refractivity contribution in [3.63, 3.8) is 0 Å². The molecule has 0 aliphatic carbocycles. The summed E-state index contributed by atoms with van der Waals surface area (Å²) in [6.45, 7) is 5.23. The molecule has 3 heteroatoms. The molecule has 0 spiro atoms. The van der Waals surface area contributed by atoms with Gasteiger partial charge in [0.25, 0.3) is 0 Å². The van der Waals surface area contributed by atoms with Gasteiger partial charge in [0.2, 0.25) is 0 Å². The summed E-state index contributed by atoms with van der Waals surface area (Å²) in [6.07, 6.45) is 2.18. The molecule has 19 heavy (non-hydrogen) atoms. The molecule has 1 aromatic rings. The lowest BCUT2D eigenvalue weighted by Crippen LogP contribution is -2.14. The van der Waals surface area contributed by atoms with Crippen LogP contribution in [0.15, 0.2) is 18.2 Å². The summed E-state index contributed by atoms with van der Waals surface area (Å²) in [5.41, 5.74) is 1.89. The second-order valence-corrected chi connectivity index (χ2v) is 5.26. The highest BCUT2D eigenvalue weighted by Gasteiger charge is 2.14. The van der Waals surface area contributed by atoms with E-state index in [4.69, 9.17) is 0 Å². The van der Waals surface area contributed by atoms with E-state index in [2.05, 4.69) is 0 Å². The molecular weight excluding hydrogens is 240 g/mol. The third-order valence-electron chi connectivity index (χ3n) is 3.25. The van der Waals surface area contributed by atoms with Gasteiger partial charge in [-0.15, -0.1) is 0 Å². The molecule has 3 nitrogen and oxygen atoms in total. The summed E-state index contributed by atoms with van der Waals surface area (Å²) in [5, 5.41) is 9.76. The minimum Gasteiger partial charge on any atom is -0.508 e. The Morgan fingerprint density at radius 2 is 2.00 bits per heavy atom. The van der Waals surface area contributed by atoms with E-state index in [0.29, 0.717) is 31.4 Å². The standard InChI is InChI=1S/C16H22O3/c1-11-7-8-14(16(19)9-11)5-4-6-15(18)12(2)10-13(3)17/h7-9,12,19H,4-6,10H2,1-3H3. The molecule has 1 rings (SSSR count). The Morgan fingerprint density at radius 1 is 1.32 bits per heavy atom. The Balaban J connectivity index is 2.41. The molecule has 0 heterocycles. The van der Waals surface area contributed by atoms with E-state index in [-0.39, 0.29) is 17.5 Å². The number of phenols is 1. The first-order valence-electron chi connectivity index (χ1n) is 6.70. The zero-order valence-electron chi connectivity index (χ0n) is 11.9. The molecule has 0 radical (unpaired) electrons. The number of Topliss-reactive ketones (excluding diaryl/α,β-unsaturated/α-hetero) is 2. The first-order chi connectivity index (χ1) is 8.90. The Bertz CT molecular complexity index is 463. The van der Waals surface area contributed by atoms with Crippen LogP contribution in [0.3, 0.4) is 0 Å². The lowest BCUT2D eigenvalue weighted by molar-refractivity contribution is -0.126. The fraction of sp³-hybridized carbons (Fsp3) is 0.500. The number of benzene rings is 1. The van der Waals surface area contributed by atoms with Crippen LogP contribution in [-0.2, 0) is 16.0 Å². The average Bonchev–Trinajstić information content (AvgIpc) is 2.30. The maximum Gasteiger partial charge on any atom is 0.136 e. The number of carbonyl (C=O) groups is 2. The van der Waals surface area contributed by atoms with Crippen molar-refractivity contribution in [3.8, 4) is 5.75 Å². The Kier molecular flexibility index (Phi) is 5.74. The van der Waals surface area contributed by atoms with Crippen molar-refractivity contribution in [1.29, 1.82) is 0 Å². The molecule has 0 bridgehead atoms. The molecule has 0 aliphatic rings. The second-order valence-electron chi connectivity index (χ2n) is 5.26. The van der Waals surface area contributed by atoms with Crippen molar-refractivity contribution in [2.45, 2.75) is 46.5 Å². The smallest absolute Gasteiger partial charge is 0.136 e. The number of ketones is 2. The van der Waals surface area contributed by atoms with Crippen LogP contribution >= 0.6 is 0 Å². The van der Waals surface area contributed by atoms with Crippen molar-refractivity contribution in [1.82, 2.24) is 0 Å². The maximum atomic E-state index is 11.8. The molecular formula is C16H22O3. The van der Waals surface area contributed by atoms with Gasteiger partial charge in [0.1, 0.15) is 17.3 Å². The molecule has 1 unspecified atom stereocenters. The molecule has 0 aromatic heterocycles. The van der Waals surface area contributed by atoms with Gasteiger partial charge in [-0.1, -0.05) is 19.1 Å². The number of rotatable bonds is 7. The summed E-state index contributed by atoms with van der Waals surface area (Å²) in [4.78, 5) is 22.7. The number of hydrogen-bond donors (Lipinski definition) is 1. The van der Waals surface area contributed by atoms with Gasteiger partial charge >= 0.3 is 0 Å². The highest BCUT2D eigenvalue weighted by molar-refractivity contribution is 5.86. The third-order valence-corrected chi connectivity index (χ3v) is 3.25. The average molecular weight is 262 g/mol. The van der Waals surface area contributed by atoms with E-state index in [1.54, 1.807) is 13.0 Å². The Morgan fingerprint density at radius 3 is 2.58 bits per heavy atom. The topological polar surface area (TPSA) is 54.4 Å². The lowest BCUT2D eigenvalue weighted by atomic mass is 9.95. The van der Waals surface area contributed by atoms with Crippen LogP contribution in [0.4, 0.5) is 0 Å². The summed E-state index contributed by atoms with van der Waals surface area (Å²) in [6, 6.07) is 5.58. The van der Waals surface area contributed by atoms with E-state index in [1.807, 2.05) is 19.1 Å². The van der Waals surface area contributed by atoms with Crippen LogP contribution in [0, 0.1) is 12.8 Å². The van der Waals surface area contributed by atoms with Gasteiger partial charge in [0.15, 0.2) is 0 Å². The Labute approximate surface area is 114 Å². The van der Waals surface area contributed by atoms with Crippen LogP contribution in [0.25, 0.3) is 0 Å². The maximum absolute atomic E-state index is 11.8. The van der Waals surface area contributed by atoms with E-state index in [0.717, 1.165) is 11.1 Å². The van der Waals surface area contributed by atoms with Gasteiger partial charge in [-0.25, -0.2) is 0 Å². The molecule has 1 atom stereocenters. The van der Waals surface area contributed by atoms with Gasteiger partial charge in [0, 0.05) is 18.8 Å². The SMILES string of the molecule is CC(=O)CC(C)C(=O)CCCc1ccc(C)cc1O. The van der Waals surface area contributed by atoms with Crippen molar-refractivity contribution in [2.75, 3.05) is 0 Å². The zero-order valence-corrected chi connectivity index (χ0v) is 11.9. The van der Waals surface area contributed by atoms with E-state index in [1.165, 1.54) is 6.92 Å². The summed E-state index contributed by atoms with van der Waals surface area (Å²) in [7, 11) is 0. The zero-order chi connectivity index (χ0) is 14.4. The van der Waals surface area contributed by atoms with E-state index < -0.39 is 0 Å². The largest absolute Gasteiger partial charge is 0.508 e. The molecule has 0 aliphatic heterocycles. The molecule has 0 saturated heterocycles. The summed E-state index contributed by atoms with van der Waals surface area (Å²) in [5.74, 6) is 0.284. The summed E-state index contributed by atoms with van der Waals surface area (Å²) >= 11 is 0. The first-order valence-corrected chi connectivity index (χ1v) is 6.70. The molecule has 0 saturated carbocycles. The predicted molar refractivity (Wildman–Crippen MR) is 75.3 cm³/mol. The monoisotopic (exact) mass is 262 g/mol. The summed E-state index contributed by atoms with van der Waals surface area (Å²) < 4.78 is 0. The predicted octanol–water partition coefficient (Wildman–Crippen LogP) is 3.21. The third kappa shape index (κ3) is 5.25. The van der Waals surface area contributed by atoms with Gasteiger partial charge < -0.3 is 9.90 Å². The second kappa shape index (κ2) is 7.07. The van der Waals surface area contributed by atoms with Crippen LogP contribution in [0.1, 0.15) is 44.2 Å². The van der Waals surface area contributed by atoms with Crippen LogP contribution in [0.2, 0.25) is 0 Å². The normalized spacial score (nSPS) is 12.2. The number of aryl methyl sites for hydroxylation is 2. The fourth-order valence-corrected chi connectivity index (χ4v) is 2.13. The van der Waals surface area contributed by atoms with Gasteiger partial charge in [0.05, 0.1) is 0 Å². The van der Waals surface area contributed by atoms with E-state index in [9.17, 15) is 14.7 Å². The van der Waals surface area contributed by atoms with Crippen LogP contribution in [0.5, 0.6) is 5.75 Å². The number of hydrogen-bond acceptors (Lipinski definition) is 3. The first kappa shape index (κ1) is 15.4. The molecule has 1 N–H and O–H groups in total. The van der Waals surface area contributed by atoms with E-state index >= 15 is 0 Å². The minimum atomic E-state index is -0.191. The van der Waals surface area contributed by atoms with Crippen molar-refractivity contribution in [3.05, 3.63) is 29.3 Å². The minimum absolute atomic E-state index is 0.0528. The molecule has 0 fully saturated rings. The highest BCUT2D eigenvalue weighted by Crippen LogP contribution is 2.21. The quantitative estimate of drug-likeness (QED) is 0.821. The highest BCUT2D eigenvalue weighted by atomic mass is 16.3. The number of phenolic OH excluding ortho intramolecular Hbond substituents is 1. The van der Waals surface area contributed by atoms with Gasteiger partial charge in [-0.3, -0.25) is 4.79 Å². The van der Waals surface area contributed by atoms with Crippen LogP contribution in [-0.4, -0.2) is 16.7 Å². The van der Waals surface area contributed by atoms with Crippen molar-refractivity contribution in [2.24, 2.45) is 5.92 Å². The number of carbonyl (C=O) groups excluding carboxylic acids is 2. The Hall–Kier alpha value is -1.64. The fourth-order valence-electron chi connectivity index (χ4n) is 2.13. The molecule has 0 amide bonds. The van der Waals surface area contributed by atoms with Crippen molar-refractivity contribution < 1.29 is 14.7 Å². The van der Waals surface area contributed by atoms with Crippen molar-refractivity contribution >= 4 is 11.6 Å². The van der Waals surface area contributed by atoms with Crippen LogP contribution < -0.4 is 0 Å². The van der Waals surface area contributed by atoms with Gasteiger partial charge in [-0.05, 0) is 43.9 Å². The number of aromatic hydroxyl groups is 1. The van der Waals surface area contributed by atoms with Gasteiger partial charge in [-0.2, -0.15) is 0 Å².